The molecule has 0 aromatic carbocycles. The highest BCUT2D eigenvalue weighted by Crippen LogP contribution is 2.17. The first-order chi connectivity index (χ1) is 24.5. The monoisotopic (exact) mass is 708 g/mol. The molecule has 0 saturated carbocycles. The number of hydrogen-bond acceptors (Lipinski definition) is 5. The van der Waals surface area contributed by atoms with E-state index in [9.17, 15) is 25.2 Å². The average molecular weight is 708 g/mol. The zero-order chi connectivity index (χ0) is 36.8. The molecule has 0 heterocycles. The van der Waals surface area contributed by atoms with Gasteiger partial charge in [0.2, 0.25) is 5.91 Å². The van der Waals surface area contributed by atoms with Gasteiger partial charge in [-0.2, -0.15) is 0 Å². The Labute approximate surface area is 310 Å². The Bertz CT molecular complexity index is 757. The van der Waals surface area contributed by atoms with Crippen LogP contribution in [0.4, 0.5) is 0 Å². The summed E-state index contributed by atoms with van der Waals surface area (Å²) >= 11 is 0. The Balaban J connectivity index is 3.74. The molecule has 4 unspecified atom stereocenters. The highest BCUT2D eigenvalue weighted by molar-refractivity contribution is 5.81. The number of aliphatic hydroxyl groups excluding tert-OH is 4. The van der Waals surface area contributed by atoms with Gasteiger partial charge in [-0.25, -0.2) is 0 Å². The Morgan fingerprint density at radius 2 is 0.900 bits per heavy atom. The first kappa shape index (κ1) is 48.8. The first-order valence-corrected chi connectivity index (χ1v) is 21.7. The lowest BCUT2D eigenvalue weighted by molar-refractivity contribution is -0.132. The third-order valence-corrected chi connectivity index (χ3v) is 10.2. The normalized spacial score (nSPS) is 14.4. The molecule has 0 bridgehead atoms. The van der Waals surface area contributed by atoms with E-state index in [1.165, 1.54) is 161 Å². The molecule has 0 aliphatic rings. The summed E-state index contributed by atoms with van der Waals surface area (Å²) in [7, 11) is 0. The lowest BCUT2D eigenvalue weighted by atomic mass is 9.99. The van der Waals surface area contributed by atoms with E-state index >= 15 is 0 Å². The van der Waals surface area contributed by atoms with Crippen LogP contribution < -0.4 is 5.32 Å². The number of carbonyl (C=O) groups is 1. The summed E-state index contributed by atoms with van der Waals surface area (Å²) in [6.45, 7) is 4.01. The van der Waals surface area contributed by atoms with Crippen LogP contribution in [0.5, 0.6) is 0 Å². The molecule has 0 fully saturated rings. The number of unbranched alkanes of at least 4 members (excludes halogenated alkanes) is 27. The second-order valence-electron chi connectivity index (χ2n) is 15.1. The number of hydrogen-bond donors (Lipinski definition) is 5. The molecule has 1 amide bonds. The van der Waals surface area contributed by atoms with Gasteiger partial charge in [0, 0.05) is 6.42 Å². The molecular formula is C44H85NO5. The fraction of sp³-hybridized carbons (Fsp3) is 0.886. The highest BCUT2D eigenvalue weighted by Gasteiger charge is 2.28. The summed E-state index contributed by atoms with van der Waals surface area (Å²) < 4.78 is 0. The van der Waals surface area contributed by atoms with Crippen LogP contribution in [0.3, 0.4) is 0 Å². The molecule has 0 spiro atoms. The number of rotatable bonds is 39. The van der Waals surface area contributed by atoms with E-state index in [2.05, 4.69) is 31.3 Å². The molecule has 296 valence electrons. The Morgan fingerprint density at radius 1 is 0.520 bits per heavy atom. The average Bonchev–Trinajstić information content (AvgIpc) is 3.12. The SMILES string of the molecule is CCCCCCCC/C=C\C/C=C\CC(O)C(=O)NC(CO)C(O)C(O)CCCCCCCCCCCCCCCCCCCCCCCC. The summed E-state index contributed by atoms with van der Waals surface area (Å²) in [5.74, 6) is -0.650. The predicted molar refractivity (Wildman–Crippen MR) is 214 cm³/mol. The van der Waals surface area contributed by atoms with E-state index in [4.69, 9.17) is 0 Å². The molecule has 4 atom stereocenters. The summed E-state index contributed by atoms with van der Waals surface area (Å²) in [4.78, 5) is 12.4. The van der Waals surface area contributed by atoms with Crippen molar-refractivity contribution in [2.24, 2.45) is 0 Å². The zero-order valence-corrected chi connectivity index (χ0v) is 33.2. The summed E-state index contributed by atoms with van der Waals surface area (Å²) in [5.41, 5.74) is 0. The molecule has 5 N–H and O–H groups in total. The van der Waals surface area contributed by atoms with Gasteiger partial charge in [-0.05, 0) is 25.7 Å². The molecule has 0 saturated heterocycles. The van der Waals surface area contributed by atoms with Crippen LogP contribution in [-0.4, -0.2) is 57.3 Å². The van der Waals surface area contributed by atoms with Crippen molar-refractivity contribution in [3.8, 4) is 0 Å². The largest absolute Gasteiger partial charge is 0.394 e. The maximum Gasteiger partial charge on any atom is 0.249 e. The second kappa shape index (κ2) is 39.0. The second-order valence-corrected chi connectivity index (χ2v) is 15.1. The fourth-order valence-corrected chi connectivity index (χ4v) is 6.68. The van der Waals surface area contributed by atoms with Crippen molar-refractivity contribution in [3.63, 3.8) is 0 Å². The van der Waals surface area contributed by atoms with E-state index in [-0.39, 0.29) is 6.42 Å². The Kier molecular flexibility index (Phi) is 38.1. The summed E-state index contributed by atoms with van der Waals surface area (Å²) in [6, 6.07) is -1.01. The van der Waals surface area contributed by atoms with Gasteiger partial charge >= 0.3 is 0 Å². The van der Waals surface area contributed by atoms with Crippen LogP contribution in [0.2, 0.25) is 0 Å². The number of amides is 1. The lowest BCUT2D eigenvalue weighted by Crippen LogP contribution is -2.53. The van der Waals surface area contributed by atoms with Gasteiger partial charge in [-0.3, -0.25) is 4.79 Å². The van der Waals surface area contributed by atoms with Crippen molar-refractivity contribution >= 4 is 5.91 Å². The van der Waals surface area contributed by atoms with Gasteiger partial charge in [0.05, 0.1) is 18.8 Å². The van der Waals surface area contributed by atoms with Crippen molar-refractivity contribution in [2.75, 3.05) is 6.61 Å². The van der Waals surface area contributed by atoms with Crippen molar-refractivity contribution in [1.29, 1.82) is 0 Å². The van der Waals surface area contributed by atoms with Crippen molar-refractivity contribution in [3.05, 3.63) is 24.3 Å². The minimum Gasteiger partial charge on any atom is -0.394 e. The van der Waals surface area contributed by atoms with Gasteiger partial charge in [0.25, 0.3) is 0 Å². The van der Waals surface area contributed by atoms with Crippen LogP contribution in [0.25, 0.3) is 0 Å². The Morgan fingerprint density at radius 3 is 1.32 bits per heavy atom. The van der Waals surface area contributed by atoms with Gasteiger partial charge in [-0.15, -0.1) is 0 Å². The Hall–Kier alpha value is -1.21. The van der Waals surface area contributed by atoms with Gasteiger partial charge in [0.15, 0.2) is 0 Å². The van der Waals surface area contributed by atoms with Crippen molar-refractivity contribution in [1.82, 2.24) is 5.32 Å². The van der Waals surface area contributed by atoms with E-state index in [0.717, 1.165) is 32.1 Å². The van der Waals surface area contributed by atoms with Crippen LogP contribution in [0.1, 0.15) is 219 Å². The van der Waals surface area contributed by atoms with Crippen LogP contribution in [0.15, 0.2) is 24.3 Å². The highest BCUT2D eigenvalue weighted by atomic mass is 16.3. The molecule has 0 aliphatic carbocycles. The summed E-state index contributed by atoms with van der Waals surface area (Å²) in [6.07, 6.45) is 43.8. The molecule has 6 nitrogen and oxygen atoms in total. The molecule has 0 radical (unpaired) electrons. The van der Waals surface area contributed by atoms with E-state index in [0.29, 0.717) is 6.42 Å². The maximum absolute atomic E-state index is 12.4. The van der Waals surface area contributed by atoms with E-state index < -0.39 is 36.9 Å². The third-order valence-electron chi connectivity index (χ3n) is 10.2. The van der Waals surface area contributed by atoms with Gasteiger partial charge < -0.3 is 25.7 Å². The number of carbonyl (C=O) groups excluding carboxylic acids is 1. The number of aliphatic hydroxyl groups is 4. The standard InChI is InChI=1S/C44H85NO5/c1-3-5-7-9-11-13-15-17-18-19-20-21-22-23-24-25-26-28-29-31-33-35-37-41(47)43(49)40(39-46)45-44(50)42(48)38-36-34-32-30-27-16-14-12-10-8-6-4-2/h27,30,34,36,40-43,46-49H,3-26,28-29,31-33,35,37-39H2,1-2H3,(H,45,50)/b30-27-,36-34-. The van der Waals surface area contributed by atoms with Gasteiger partial charge in [-0.1, -0.05) is 212 Å². The molecular weight excluding hydrogens is 622 g/mol. The minimum atomic E-state index is -1.28. The van der Waals surface area contributed by atoms with Crippen molar-refractivity contribution < 1.29 is 25.2 Å². The minimum absolute atomic E-state index is 0.160. The van der Waals surface area contributed by atoms with Crippen LogP contribution >= 0.6 is 0 Å². The molecule has 0 aromatic heterocycles. The maximum atomic E-state index is 12.4. The van der Waals surface area contributed by atoms with Crippen LogP contribution in [-0.2, 0) is 4.79 Å². The fourth-order valence-electron chi connectivity index (χ4n) is 6.68. The smallest absolute Gasteiger partial charge is 0.249 e. The van der Waals surface area contributed by atoms with Gasteiger partial charge in [0.1, 0.15) is 12.2 Å². The molecule has 0 aromatic rings. The third kappa shape index (κ3) is 32.7. The summed E-state index contributed by atoms with van der Waals surface area (Å²) in [5, 5.41) is 43.5. The number of nitrogens with one attached hydrogen (secondary N) is 1. The van der Waals surface area contributed by atoms with Crippen molar-refractivity contribution in [2.45, 2.75) is 244 Å². The quantitative estimate of drug-likeness (QED) is 0.0323. The zero-order valence-electron chi connectivity index (χ0n) is 33.2. The first-order valence-electron chi connectivity index (χ1n) is 21.7. The predicted octanol–water partition coefficient (Wildman–Crippen LogP) is 11.2. The van der Waals surface area contributed by atoms with E-state index in [1.54, 1.807) is 6.08 Å². The van der Waals surface area contributed by atoms with Crippen LogP contribution in [0, 0.1) is 0 Å². The molecule has 0 aliphatic heterocycles. The molecule has 50 heavy (non-hydrogen) atoms. The lowest BCUT2D eigenvalue weighted by Gasteiger charge is -2.27. The topological polar surface area (TPSA) is 110 Å². The van der Waals surface area contributed by atoms with E-state index in [1.807, 2.05) is 6.08 Å². The molecule has 6 heteroatoms. The molecule has 0 rings (SSSR count). The number of allylic oxidation sites excluding steroid dienone is 3.